The highest BCUT2D eigenvalue weighted by atomic mass is 79.9. The van der Waals surface area contributed by atoms with Crippen molar-refractivity contribution in [1.82, 2.24) is 5.32 Å². The van der Waals surface area contributed by atoms with Gasteiger partial charge in [0.1, 0.15) is 0 Å². The summed E-state index contributed by atoms with van der Waals surface area (Å²) in [6.45, 7) is 3.00. The lowest BCUT2D eigenvalue weighted by Crippen LogP contribution is -2.33. The highest BCUT2D eigenvalue weighted by Gasteiger charge is 2.30. The van der Waals surface area contributed by atoms with Crippen LogP contribution in [0.15, 0.2) is 16.6 Å². The fourth-order valence-corrected chi connectivity index (χ4v) is 2.95. The Bertz CT molecular complexity index is 419. The molecule has 1 fully saturated rings. The lowest BCUT2D eigenvalue weighted by Gasteiger charge is -2.35. The molecule has 0 aromatic heterocycles. The molecule has 0 saturated heterocycles. The summed E-state index contributed by atoms with van der Waals surface area (Å²) in [6.07, 6.45) is 4.58. The summed E-state index contributed by atoms with van der Waals surface area (Å²) < 4.78 is 27.0. The van der Waals surface area contributed by atoms with Gasteiger partial charge in [0.05, 0.1) is 4.47 Å². The van der Waals surface area contributed by atoms with Crippen LogP contribution in [0.4, 0.5) is 8.78 Å². The van der Waals surface area contributed by atoms with Crippen LogP contribution in [-0.4, -0.2) is 6.54 Å². The zero-order valence-electron chi connectivity index (χ0n) is 10.5. The number of halogens is 3. The highest BCUT2D eigenvalue weighted by molar-refractivity contribution is 9.10. The summed E-state index contributed by atoms with van der Waals surface area (Å²) >= 11 is 3.19. The minimum atomic E-state index is -0.798. The predicted octanol–water partition coefficient (Wildman–Crippen LogP) is 4.57. The molecule has 0 spiro atoms. The fraction of sp³-hybridized carbons (Fsp3) is 0.571. The van der Waals surface area contributed by atoms with Gasteiger partial charge in [-0.15, -0.1) is 0 Å². The van der Waals surface area contributed by atoms with E-state index in [0.29, 0.717) is 5.92 Å². The van der Waals surface area contributed by atoms with E-state index in [-0.39, 0.29) is 10.5 Å². The van der Waals surface area contributed by atoms with Crippen molar-refractivity contribution in [2.45, 2.75) is 38.6 Å². The van der Waals surface area contributed by atoms with E-state index < -0.39 is 11.6 Å². The highest BCUT2D eigenvalue weighted by Crippen LogP contribution is 2.40. The Morgan fingerprint density at radius 1 is 1.39 bits per heavy atom. The molecule has 1 saturated carbocycles. The molecule has 1 N–H and O–H groups in total. The van der Waals surface area contributed by atoms with E-state index in [0.717, 1.165) is 31.4 Å². The molecule has 1 aliphatic carbocycles. The average Bonchev–Trinajstić information content (AvgIpc) is 2.30. The third-order valence-corrected chi connectivity index (χ3v) is 4.44. The van der Waals surface area contributed by atoms with E-state index in [1.807, 2.05) is 0 Å². The first-order chi connectivity index (χ1) is 8.65. The number of benzene rings is 1. The van der Waals surface area contributed by atoms with Crippen LogP contribution < -0.4 is 5.32 Å². The van der Waals surface area contributed by atoms with Crippen molar-refractivity contribution in [3.63, 3.8) is 0 Å². The predicted molar refractivity (Wildman–Crippen MR) is 72.4 cm³/mol. The SMILES string of the molecule is CCCNC(c1ccc(F)c(F)c1Br)C1CCC1. The van der Waals surface area contributed by atoms with Crippen molar-refractivity contribution in [1.29, 1.82) is 0 Å². The van der Waals surface area contributed by atoms with Crippen LogP contribution >= 0.6 is 15.9 Å². The Kier molecular flexibility index (Phi) is 4.73. The van der Waals surface area contributed by atoms with Crippen LogP contribution in [-0.2, 0) is 0 Å². The molecule has 0 amide bonds. The fourth-order valence-electron chi connectivity index (χ4n) is 2.38. The van der Waals surface area contributed by atoms with Crippen LogP contribution in [0.1, 0.15) is 44.2 Å². The second-order valence-corrected chi connectivity index (χ2v) is 5.68. The summed E-state index contributed by atoms with van der Waals surface area (Å²) in [5, 5.41) is 3.46. The minimum absolute atomic E-state index is 0.128. The van der Waals surface area contributed by atoms with Crippen molar-refractivity contribution in [2.24, 2.45) is 5.92 Å². The van der Waals surface area contributed by atoms with Crippen molar-refractivity contribution < 1.29 is 8.78 Å². The lowest BCUT2D eigenvalue weighted by molar-refractivity contribution is 0.230. The van der Waals surface area contributed by atoms with Crippen molar-refractivity contribution in [3.8, 4) is 0 Å². The molecule has 0 aliphatic heterocycles. The third kappa shape index (κ3) is 2.75. The maximum atomic E-state index is 13.6. The monoisotopic (exact) mass is 317 g/mol. The second kappa shape index (κ2) is 6.11. The van der Waals surface area contributed by atoms with Gasteiger partial charge in [-0.2, -0.15) is 0 Å². The number of hydrogen-bond acceptors (Lipinski definition) is 1. The molecule has 0 heterocycles. The van der Waals surface area contributed by atoms with Gasteiger partial charge in [0.15, 0.2) is 11.6 Å². The van der Waals surface area contributed by atoms with Gasteiger partial charge in [0.25, 0.3) is 0 Å². The molecule has 2 rings (SSSR count). The number of nitrogens with one attached hydrogen (secondary N) is 1. The molecular weight excluding hydrogens is 300 g/mol. The standard InChI is InChI=1S/C14H18BrF2N/c1-2-8-18-14(9-4-3-5-9)10-6-7-11(16)13(17)12(10)15/h6-7,9,14,18H,2-5,8H2,1H3. The summed E-state index contributed by atoms with van der Waals surface area (Å²) in [6, 6.07) is 3.03. The summed E-state index contributed by atoms with van der Waals surface area (Å²) in [7, 11) is 0. The van der Waals surface area contributed by atoms with Crippen LogP contribution in [0, 0.1) is 17.6 Å². The first-order valence-electron chi connectivity index (χ1n) is 6.52. The smallest absolute Gasteiger partial charge is 0.173 e. The molecule has 1 unspecified atom stereocenters. The topological polar surface area (TPSA) is 12.0 Å². The third-order valence-electron chi connectivity index (χ3n) is 3.64. The number of hydrogen-bond donors (Lipinski definition) is 1. The Morgan fingerprint density at radius 3 is 2.67 bits per heavy atom. The van der Waals surface area contributed by atoms with Gasteiger partial charge in [0, 0.05) is 6.04 Å². The van der Waals surface area contributed by atoms with E-state index in [1.54, 1.807) is 6.07 Å². The summed E-state index contributed by atoms with van der Waals surface area (Å²) in [5.74, 6) is -1.04. The average molecular weight is 318 g/mol. The Balaban J connectivity index is 2.26. The van der Waals surface area contributed by atoms with Gasteiger partial charge in [0.2, 0.25) is 0 Å². The van der Waals surface area contributed by atoms with Crippen LogP contribution in [0.3, 0.4) is 0 Å². The van der Waals surface area contributed by atoms with Gasteiger partial charge in [-0.3, -0.25) is 0 Å². The largest absolute Gasteiger partial charge is 0.310 e. The zero-order chi connectivity index (χ0) is 13.1. The molecule has 0 bridgehead atoms. The van der Waals surface area contributed by atoms with Crippen LogP contribution in [0.2, 0.25) is 0 Å². The zero-order valence-corrected chi connectivity index (χ0v) is 12.1. The molecule has 100 valence electrons. The molecule has 1 nitrogen and oxygen atoms in total. The van der Waals surface area contributed by atoms with Crippen molar-refractivity contribution in [3.05, 3.63) is 33.8 Å². The van der Waals surface area contributed by atoms with E-state index >= 15 is 0 Å². The molecule has 4 heteroatoms. The maximum Gasteiger partial charge on any atom is 0.173 e. The molecular formula is C14H18BrF2N. The van der Waals surface area contributed by atoms with E-state index in [1.165, 1.54) is 12.5 Å². The molecule has 1 aliphatic rings. The lowest BCUT2D eigenvalue weighted by atomic mass is 9.77. The molecule has 18 heavy (non-hydrogen) atoms. The molecule has 0 radical (unpaired) electrons. The molecule has 1 atom stereocenters. The van der Waals surface area contributed by atoms with Gasteiger partial charge < -0.3 is 5.32 Å². The van der Waals surface area contributed by atoms with Crippen LogP contribution in [0.25, 0.3) is 0 Å². The van der Waals surface area contributed by atoms with Gasteiger partial charge in [-0.1, -0.05) is 19.4 Å². The van der Waals surface area contributed by atoms with E-state index in [9.17, 15) is 8.78 Å². The first-order valence-corrected chi connectivity index (χ1v) is 7.31. The second-order valence-electron chi connectivity index (χ2n) is 4.89. The minimum Gasteiger partial charge on any atom is -0.310 e. The van der Waals surface area contributed by atoms with Crippen molar-refractivity contribution >= 4 is 15.9 Å². The number of rotatable bonds is 5. The van der Waals surface area contributed by atoms with Crippen molar-refractivity contribution in [2.75, 3.05) is 6.54 Å². The summed E-state index contributed by atoms with van der Waals surface area (Å²) in [5.41, 5.74) is 0.840. The van der Waals surface area contributed by atoms with E-state index in [2.05, 4.69) is 28.2 Å². The van der Waals surface area contributed by atoms with Gasteiger partial charge in [-0.05, 0) is 59.3 Å². The van der Waals surface area contributed by atoms with Gasteiger partial charge in [-0.25, -0.2) is 8.78 Å². The van der Waals surface area contributed by atoms with Gasteiger partial charge >= 0.3 is 0 Å². The maximum absolute atomic E-state index is 13.6. The quantitative estimate of drug-likeness (QED) is 0.784. The molecule has 1 aromatic carbocycles. The summed E-state index contributed by atoms with van der Waals surface area (Å²) in [4.78, 5) is 0. The first kappa shape index (κ1) is 13.9. The van der Waals surface area contributed by atoms with Crippen LogP contribution in [0.5, 0.6) is 0 Å². The van der Waals surface area contributed by atoms with E-state index in [4.69, 9.17) is 0 Å². The normalized spacial score (nSPS) is 17.6. The Morgan fingerprint density at radius 2 is 2.11 bits per heavy atom. The Labute approximate surface area is 115 Å². The molecule has 1 aromatic rings. The Hall–Kier alpha value is -0.480.